The van der Waals surface area contributed by atoms with Crippen LogP contribution >= 0.6 is 0 Å². The number of piperidine rings is 1. The number of rotatable bonds is 5. The number of likely N-dealkylation sites (tertiary alicyclic amines) is 1. The van der Waals surface area contributed by atoms with Gasteiger partial charge >= 0.3 is 0 Å². The third-order valence-corrected chi connectivity index (χ3v) is 3.59. The van der Waals surface area contributed by atoms with Crippen molar-refractivity contribution in [1.82, 2.24) is 4.90 Å². The molecule has 1 rings (SSSR count). The van der Waals surface area contributed by atoms with E-state index in [-0.39, 0.29) is 19.4 Å². The van der Waals surface area contributed by atoms with Gasteiger partial charge in [0.2, 0.25) is 0 Å². The fourth-order valence-electron chi connectivity index (χ4n) is 2.06. The molecule has 0 aromatic carbocycles. The Morgan fingerprint density at radius 3 is 2.40 bits per heavy atom. The van der Waals surface area contributed by atoms with Crippen molar-refractivity contribution in [3.05, 3.63) is 0 Å². The second kappa shape index (κ2) is 5.80. The molecule has 1 fully saturated rings. The van der Waals surface area contributed by atoms with E-state index in [2.05, 4.69) is 25.7 Å². The molecule has 15 heavy (non-hydrogen) atoms. The van der Waals surface area contributed by atoms with Crippen molar-refractivity contribution in [3.63, 3.8) is 0 Å². The molecule has 1 heterocycles. The van der Waals surface area contributed by atoms with Gasteiger partial charge in [-0.05, 0) is 33.1 Å². The molecule has 0 aromatic heterocycles. The van der Waals surface area contributed by atoms with Crippen LogP contribution in [-0.4, -0.2) is 42.9 Å². The van der Waals surface area contributed by atoms with E-state index < -0.39 is 0 Å². The lowest BCUT2D eigenvalue weighted by atomic mass is 9.95. The maximum absolute atomic E-state index is 11.9. The highest BCUT2D eigenvalue weighted by molar-refractivity contribution is 4.84. The van der Waals surface area contributed by atoms with Crippen molar-refractivity contribution in [3.8, 4) is 0 Å². The Bertz CT molecular complexity index is 176. The van der Waals surface area contributed by atoms with Crippen LogP contribution in [0.1, 0.15) is 40.0 Å². The Labute approximate surface area is 92.8 Å². The van der Waals surface area contributed by atoms with Gasteiger partial charge in [-0.2, -0.15) is 0 Å². The van der Waals surface area contributed by atoms with Gasteiger partial charge in [0.05, 0.1) is 12.7 Å². The molecule has 1 aliphatic heterocycles. The molecule has 3 heteroatoms. The van der Waals surface area contributed by atoms with Gasteiger partial charge in [0.1, 0.15) is 6.67 Å². The SMILES string of the molecule is CCC(C)(C)N1CCC(OCCF)CC1. The fraction of sp³-hybridized carbons (Fsp3) is 1.00. The predicted molar refractivity (Wildman–Crippen MR) is 60.9 cm³/mol. The van der Waals surface area contributed by atoms with E-state index in [9.17, 15) is 4.39 Å². The van der Waals surface area contributed by atoms with Gasteiger partial charge in [-0.1, -0.05) is 6.92 Å². The summed E-state index contributed by atoms with van der Waals surface area (Å²) in [6, 6.07) is 0. The van der Waals surface area contributed by atoms with Crippen molar-refractivity contribution in [2.75, 3.05) is 26.4 Å². The monoisotopic (exact) mass is 217 g/mol. The molecule has 0 aliphatic carbocycles. The number of alkyl halides is 1. The van der Waals surface area contributed by atoms with Crippen LogP contribution in [0.2, 0.25) is 0 Å². The molecular formula is C12H24FNO. The molecule has 1 aliphatic rings. The van der Waals surface area contributed by atoms with Gasteiger partial charge < -0.3 is 4.74 Å². The van der Waals surface area contributed by atoms with Gasteiger partial charge in [0.25, 0.3) is 0 Å². The maximum Gasteiger partial charge on any atom is 0.113 e. The summed E-state index contributed by atoms with van der Waals surface area (Å²) in [7, 11) is 0. The van der Waals surface area contributed by atoms with Crippen LogP contribution in [-0.2, 0) is 4.74 Å². The van der Waals surface area contributed by atoms with Crippen molar-refractivity contribution in [2.24, 2.45) is 0 Å². The first-order valence-electron chi connectivity index (χ1n) is 6.02. The molecule has 0 amide bonds. The highest BCUT2D eigenvalue weighted by Crippen LogP contribution is 2.24. The van der Waals surface area contributed by atoms with Crippen molar-refractivity contribution >= 4 is 0 Å². The summed E-state index contributed by atoms with van der Waals surface area (Å²) >= 11 is 0. The summed E-state index contributed by atoms with van der Waals surface area (Å²) in [4.78, 5) is 2.52. The van der Waals surface area contributed by atoms with E-state index in [1.165, 1.54) is 6.42 Å². The Kier molecular flexibility index (Phi) is 5.00. The third-order valence-electron chi connectivity index (χ3n) is 3.59. The number of halogens is 1. The van der Waals surface area contributed by atoms with Crippen LogP contribution < -0.4 is 0 Å². The van der Waals surface area contributed by atoms with Crippen LogP contribution in [0, 0.1) is 0 Å². The lowest BCUT2D eigenvalue weighted by Crippen LogP contribution is -2.49. The van der Waals surface area contributed by atoms with E-state index in [4.69, 9.17) is 4.74 Å². The molecule has 1 saturated heterocycles. The first-order chi connectivity index (χ1) is 7.10. The van der Waals surface area contributed by atoms with Crippen molar-refractivity contribution in [2.45, 2.75) is 51.7 Å². The van der Waals surface area contributed by atoms with Crippen molar-refractivity contribution < 1.29 is 9.13 Å². The second-order valence-electron chi connectivity index (χ2n) is 4.91. The standard InChI is InChI=1S/C12H24FNO/c1-4-12(2,3)14-8-5-11(6-9-14)15-10-7-13/h11H,4-10H2,1-3H3. The average molecular weight is 217 g/mol. The summed E-state index contributed by atoms with van der Waals surface area (Å²) in [6.07, 6.45) is 3.54. The van der Waals surface area contributed by atoms with Crippen molar-refractivity contribution in [1.29, 1.82) is 0 Å². The van der Waals surface area contributed by atoms with Gasteiger partial charge in [0, 0.05) is 18.6 Å². The number of nitrogens with zero attached hydrogens (tertiary/aromatic N) is 1. The van der Waals surface area contributed by atoms with Crippen LogP contribution in [0.3, 0.4) is 0 Å². The van der Waals surface area contributed by atoms with Gasteiger partial charge in [-0.15, -0.1) is 0 Å². The first kappa shape index (κ1) is 12.9. The third kappa shape index (κ3) is 3.72. The van der Waals surface area contributed by atoms with E-state index in [0.29, 0.717) is 5.54 Å². The van der Waals surface area contributed by atoms with Crippen LogP contribution in [0.5, 0.6) is 0 Å². The topological polar surface area (TPSA) is 12.5 Å². The molecule has 0 radical (unpaired) electrons. The maximum atomic E-state index is 11.9. The van der Waals surface area contributed by atoms with E-state index in [1.54, 1.807) is 0 Å². The van der Waals surface area contributed by atoms with E-state index in [0.717, 1.165) is 25.9 Å². The molecule has 0 aromatic rings. The molecule has 0 atom stereocenters. The van der Waals surface area contributed by atoms with Gasteiger partial charge in [-0.3, -0.25) is 4.90 Å². The predicted octanol–water partition coefficient (Wildman–Crippen LogP) is 2.63. The lowest BCUT2D eigenvalue weighted by Gasteiger charge is -2.42. The Balaban J connectivity index is 2.29. The zero-order valence-corrected chi connectivity index (χ0v) is 10.3. The highest BCUT2D eigenvalue weighted by atomic mass is 19.1. The Morgan fingerprint density at radius 2 is 1.93 bits per heavy atom. The minimum absolute atomic E-state index is 0.266. The number of hydrogen-bond acceptors (Lipinski definition) is 2. The van der Waals surface area contributed by atoms with E-state index >= 15 is 0 Å². The number of hydrogen-bond donors (Lipinski definition) is 0. The Hall–Kier alpha value is -0.150. The zero-order chi connectivity index (χ0) is 11.3. The van der Waals surface area contributed by atoms with Gasteiger partial charge in [-0.25, -0.2) is 4.39 Å². The molecule has 0 bridgehead atoms. The molecule has 90 valence electrons. The van der Waals surface area contributed by atoms with Crippen LogP contribution in [0.15, 0.2) is 0 Å². The highest BCUT2D eigenvalue weighted by Gasteiger charge is 2.29. The zero-order valence-electron chi connectivity index (χ0n) is 10.3. The summed E-state index contributed by atoms with van der Waals surface area (Å²) < 4.78 is 17.4. The normalized spacial score (nSPS) is 20.8. The minimum Gasteiger partial charge on any atom is -0.375 e. The Morgan fingerprint density at radius 1 is 1.33 bits per heavy atom. The summed E-state index contributed by atoms with van der Waals surface area (Å²) in [5.74, 6) is 0. The van der Waals surface area contributed by atoms with E-state index in [1.807, 2.05) is 0 Å². The minimum atomic E-state index is -0.360. The quantitative estimate of drug-likeness (QED) is 0.702. The van der Waals surface area contributed by atoms with Crippen LogP contribution in [0.25, 0.3) is 0 Å². The largest absolute Gasteiger partial charge is 0.375 e. The first-order valence-corrected chi connectivity index (χ1v) is 6.02. The fourth-order valence-corrected chi connectivity index (χ4v) is 2.06. The molecular weight excluding hydrogens is 193 g/mol. The molecule has 0 N–H and O–H groups in total. The average Bonchev–Trinajstić information content (AvgIpc) is 2.27. The smallest absolute Gasteiger partial charge is 0.113 e. The second-order valence-corrected chi connectivity index (χ2v) is 4.91. The lowest BCUT2D eigenvalue weighted by molar-refractivity contribution is -0.0207. The molecule has 0 spiro atoms. The molecule has 2 nitrogen and oxygen atoms in total. The summed E-state index contributed by atoms with van der Waals surface area (Å²) in [5.41, 5.74) is 0.297. The number of ether oxygens (including phenoxy) is 1. The molecule has 0 saturated carbocycles. The molecule has 0 unspecified atom stereocenters. The summed E-state index contributed by atoms with van der Waals surface area (Å²) in [6.45, 7) is 8.87. The summed E-state index contributed by atoms with van der Waals surface area (Å²) in [5, 5.41) is 0. The van der Waals surface area contributed by atoms with Gasteiger partial charge in [0.15, 0.2) is 0 Å². The van der Waals surface area contributed by atoms with Crippen LogP contribution in [0.4, 0.5) is 4.39 Å².